The van der Waals surface area contributed by atoms with Crippen LogP contribution in [0.1, 0.15) is 30.4 Å². The number of nitrogens with one attached hydrogen (secondary N) is 1. The van der Waals surface area contributed by atoms with Gasteiger partial charge in [0, 0.05) is 51.0 Å². The molecule has 2 aliphatic rings. The predicted molar refractivity (Wildman–Crippen MR) is 126 cm³/mol. The molecule has 8 heteroatoms. The van der Waals surface area contributed by atoms with Crippen LogP contribution in [0.4, 0.5) is 5.69 Å². The van der Waals surface area contributed by atoms with Gasteiger partial charge < -0.3 is 15.1 Å². The molecule has 1 saturated heterocycles. The van der Waals surface area contributed by atoms with Crippen molar-refractivity contribution in [3.8, 4) is 0 Å². The van der Waals surface area contributed by atoms with E-state index in [-0.39, 0.29) is 36.4 Å². The Hall–Kier alpha value is -2.10. The van der Waals surface area contributed by atoms with Crippen LogP contribution in [0.2, 0.25) is 0 Å². The minimum absolute atomic E-state index is 0. The number of hydrogen-bond donors (Lipinski definition) is 1. The van der Waals surface area contributed by atoms with E-state index in [9.17, 15) is 4.79 Å². The van der Waals surface area contributed by atoms with Gasteiger partial charge in [0.15, 0.2) is 5.96 Å². The van der Waals surface area contributed by atoms with Crippen LogP contribution in [0.5, 0.6) is 0 Å². The Morgan fingerprint density at radius 1 is 1.31 bits per heavy atom. The molecule has 2 aromatic rings. The Labute approximate surface area is 189 Å². The largest absolute Gasteiger partial charge is 0.357 e. The number of anilines is 1. The van der Waals surface area contributed by atoms with E-state index in [1.165, 1.54) is 11.1 Å². The molecule has 1 fully saturated rings. The molecule has 0 aliphatic carbocycles. The molecule has 1 N–H and O–H groups in total. The number of amides is 1. The van der Waals surface area contributed by atoms with Crippen molar-refractivity contribution in [1.82, 2.24) is 20.0 Å². The summed E-state index contributed by atoms with van der Waals surface area (Å²) in [6.45, 7) is 5.60. The van der Waals surface area contributed by atoms with Crippen molar-refractivity contribution in [2.24, 2.45) is 12.0 Å². The topological polar surface area (TPSA) is 65.8 Å². The van der Waals surface area contributed by atoms with E-state index in [2.05, 4.69) is 39.5 Å². The molecule has 0 radical (unpaired) electrons. The average Bonchev–Trinajstić information content (AvgIpc) is 3.43. The third-order valence-electron chi connectivity index (χ3n) is 5.57. The molecular weight excluding hydrogens is 479 g/mol. The summed E-state index contributed by atoms with van der Waals surface area (Å²) in [4.78, 5) is 21.6. The second-order valence-electron chi connectivity index (χ2n) is 7.47. The minimum Gasteiger partial charge on any atom is -0.357 e. The number of halogens is 1. The van der Waals surface area contributed by atoms with E-state index in [1.54, 1.807) is 0 Å². The number of fused-ring (bicyclic) bond motifs is 1. The molecule has 4 rings (SSSR count). The number of likely N-dealkylation sites (tertiary alicyclic amines) is 1. The van der Waals surface area contributed by atoms with Gasteiger partial charge in [-0.25, -0.2) is 4.99 Å². The highest BCUT2D eigenvalue weighted by atomic mass is 127. The van der Waals surface area contributed by atoms with E-state index in [0.717, 1.165) is 50.7 Å². The maximum absolute atomic E-state index is 12.8. The molecule has 1 aromatic carbocycles. The fourth-order valence-corrected chi connectivity index (χ4v) is 4.13. The summed E-state index contributed by atoms with van der Waals surface area (Å²) in [7, 11) is 1.95. The van der Waals surface area contributed by atoms with Crippen LogP contribution in [0, 0.1) is 0 Å². The van der Waals surface area contributed by atoms with Crippen molar-refractivity contribution in [3.05, 3.63) is 47.8 Å². The molecule has 0 bridgehead atoms. The number of carbonyl (C=O) groups excluding carboxylic acids is 1. The first kappa shape index (κ1) is 21.6. The van der Waals surface area contributed by atoms with Crippen LogP contribution in [-0.2, 0) is 18.3 Å². The summed E-state index contributed by atoms with van der Waals surface area (Å²) in [6.07, 6.45) is 6.04. The van der Waals surface area contributed by atoms with Crippen LogP contribution < -0.4 is 10.2 Å². The summed E-state index contributed by atoms with van der Waals surface area (Å²) in [6, 6.07) is 8.13. The van der Waals surface area contributed by atoms with E-state index in [4.69, 9.17) is 0 Å². The Bertz CT molecular complexity index is 880. The zero-order valence-electron chi connectivity index (χ0n) is 17.0. The third-order valence-corrected chi connectivity index (χ3v) is 5.57. The first-order valence-electron chi connectivity index (χ1n) is 10.1. The number of aliphatic imine (C=N–C) groups is 1. The Morgan fingerprint density at radius 2 is 2.14 bits per heavy atom. The molecule has 0 spiro atoms. The van der Waals surface area contributed by atoms with E-state index < -0.39 is 0 Å². The highest BCUT2D eigenvalue weighted by Crippen LogP contribution is 2.28. The lowest BCUT2D eigenvalue weighted by atomic mass is 10.0. The molecule has 156 valence electrons. The van der Waals surface area contributed by atoms with Crippen molar-refractivity contribution >= 4 is 41.5 Å². The maximum atomic E-state index is 12.8. The Kier molecular flexibility index (Phi) is 7.15. The van der Waals surface area contributed by atoms with Crippen LogP contribution >= 0.6 is 24.0 Å². The summed E-state index contributed by atoms with van der Waals surface area (Å²) in [5, 5.41) is 7.64. The fraction of sp³-hybridized carbons (Fsp3) is 0.476. The van der Waals surface area contributed by atoms with Gasteiger partial charge in [0.05, 0.1) is 6.20 Å². The van der Waals surface area contributed by atoms with Gasteiger partial charge in [-0.2, -0.15) is 5.10 Å². The smallest absolute Gasteiger partial charge is 0.248 e. The Balaban J connectivity index is 0.00000240. The summed E-state index contributed by atoms with van der Waals surface area (Å²) in [5.41, 5.74) is 3.54. The van der Waals surface area contributed by atoms with Gasteiger partial charge in [0.1, 0.15) is 6.54 Å². The molecule has 1 aromatic heterocycles. The SMILES string of the molecule is CCNC(=NCC(=O)N1CCc2ccccc21)N1CCC(c2cnn(C)c2)C1.I. The van der Waals surface area contributed by atoms with Gasteiger partial charge >= 0.3 is 0 Å². The first-order valence-corrected chi connectivity index (χ1v) is 10.1. The van der Waals surface area contributed by atoms with Crippen molar-refractivity contribution < 1.29 is 4.79 Å². The van der Waals surface area contributed by atoms with Crippen LogP contribution in [0.15, 0.2) is 41.7 Å². The summed E-state index contributed by atoms with van der Waals surface area (Å²) in [5.74, 6) is 1.34. The number of aryl methyl sites for hydroxylation is 1. The molecule has 0 saturated carbocycles. The highest BCUT2D eigenvalue weighted by Gasteiger charge is 2.28. The highest BCUT2D eigenvalue weighted by molar-refractivity contribution is 14.0. The second-order valence-corrected chi connectivity index (χ2v) is 7.47. The van der Waals surface area contributed by atoms with Crippen molar-refractivity contribution in [3.63, 3.8) is 0 Å². The molecule has 2 aliphatic heterocycles. The third kappa shape index (κ3) is 4.73. The standard InChI is InChI=1S/C21H28N6O.HI/c1-3-22-21(26-10-8-17(15-26)18-12-24-25(2)14-18)23-13-20(28)27-11-9-16-6-4-5-7-19(16)27;/h4-7,12,14,17H,3,8-11,13,15H2,1-2H3,(H,22,23);1H. The number of aromatic nitrogens is 2. The minimum atomic E-state index is 0. The van der Waals surface area contributed by atoms with E-state index in [1.807, 2.05) is 41.0 Å². The number of hydrogen-bond acceptors (Lipinski definition) is 3. The molecular formula is C21H29IN6O. The molecule has 1 unspecified atom stereocenters. The van der Waals surface area contributed by atoms with Crippen LogP contribution in [-0.4, -0.2) is 59.3 Å². The molecule has 1 atom stereocenters. The summed E-state index contributed by atoms with van der Waals surface area (Å²) >= 11 is 0. The normalized spacial score (nSPS) is 18.6. The number of guanidine groups is 1. The predicted octanol–water partition coefficient (Wildman–Crippen LogP) is 2.38. The summed E-state index contributed by atoms with van der Waals surface area (Å²) < 4.78 is 1.85. The van der Waals surface area contributed by atoms with Crippen LogP contribution in [0.25, 0.3) is 0 Å². The van der Waals surface area contributed by atoms with Gasteiger partial charge in [-0.05, 0) is 37.0 Å². The van der Waals surface area contributed by atoms with Crippen molar-refractivity contribution in [2.45, 2.75) is 25.7 Å². The van der Waals surface area contributed by atoms with Gasteiger partial charge in [-0.3, -0.25) is 9.48 Å². The number of para-hydroxylation sites is 1. The fourth-order valence-electron chi connectivity index (χ4n) is 4.13. The lowest BCUT2D eigenvalue weighted by molar-refractivity contribution is -0.117. The van der Waals surface area contributed by atoms with Crippen molar-refractivity contribution in [2.75, 3.05) is 37.6 Å². The first-order chi connectivity index (χ1) is 13.7. The quantitative estimate of drug-likeness (QED) is 0.392. The van der Waals surface area contributed by atoms with Crippen LogP contribution in [0.3, 0.4) is 0 Å². The van der Waals surface area contributed by atoms with Crippen molar-refractivity contribution in [1.29, 1.82) is 0 Å². The monoisotopic (exact) mass is 508 g/mol. The zero-order valence-corrected chi connectivity index (χ0v) is 19.4. The molecule has 29 heavy (non-hydrogen) atoms. The number of carbonyl (C=O) groups is 1. The number of rotatable bonds is 4. The van der Waals surface area contributed by atoms with Gasteiger partial charge in [-0.15, -0.1) is 24.0 Å². The lowest BCUT2D eigenvalue weighted by Gasteiger charge is -2.22. The van der Waals surface area contributed by atoms with E-state index >= 15 is 0 Å². The van der Waals surface area contributed by atoms with Gasteiger partial charge in [-0.1, -0.05) is 18.2 Å². The lowest BCUT2D eigenvalue weighted by Crippen LogP contribution is -2.41. The Morgan fingerprint density at radius 3 is 2.90 bits per heavy atom. The average molecular weight is 508 g/mol. The number of nitrogens with zero attached hydrogens (tertiary/aromatic N) is 5. The molecule has 1 amide bonds. The molecule has 7 nitrogen and oxygen atoms in total. The van der Waals surface area contributed by atoms with E-state index in [0.29, 0.717) is 5.92 Å². The second kappa shape index (κ2) is 9.60. The molecule has 3 heterocycles. The van der Waals surface area contributed by atoms with Gasteiger partial charge in [0.2, 0.25) is 5.91 Å². The number of benzene rings is 1. The maximum Gasteiger partial charge on any atom is 0.248 e. The zero-order chi connectivity index (χ0) is 19.5. The van der Waals surface area contributed by atoms with Gasteiger partial charge in [0.25, 0.3) is 0 Å².